The number of nitrogens with zero attached hydrogens (tertiary/aromatic N) is 1. The van der Waals surface area contributed by atoms with Crippen molar-refractivity contribution < 1.29 is 24.2 Å². The third-order valence-electron chi connectivity index (χ3n) is 2.84. The molecule has 0 spiro atoms. The van der Waals surface area contributed by atoms with Crippen LogP contribution in [0.1, 0.15) is 24.4 Å². The smallest absolute Gasteiger partial charge is 0.331 e. The van der Waals surface area contributed by atoms with Crippen LogP contribution in [0.15, 0.2) is 18.2 Å². The molecule has 1 aromatic carbocycles. The number of phenols is 1. The van der Waals surface area contributed by atoms with Crippen LogP contribution in [-0.2, 0) is 9.59 Å². The standard InChI is InChI=1S/C12H12FNO4/c13-8-3-7(4-10(16)5-8)11(12(17)18)14(6-15)9-1-2-9/h3-6,9,11,16H,1-2H2,(H,17,18). The van der Waals surface area contributed by atoms with E-state index in [1.165, 1.54) is 0 Å². The summed E-state index contributed by atoms with van der Waals surface area (Å²) in [5.41, 5.74) is 0.0546. The molecule has 18 heavy (non-hydrogen) atoms. The third kappa shape index (κ3) is 2.42. The highest BCUT2D eigenvalue weighted by molar-refractivity contribution is 5.78. The number of amides is 1. The van der Waals surface area contributed by atoms with E-state index >= 15 is 0 Å². The molecule has 1 unspecified atom stereocenters. The fraction of sp³-hybridized carbons (Fsp3) is 0.333. The molecule has 6 heteroatoms. The van der Waals surface area contributed by atoms with E-state index in [-0.39, 0.29) is 17.4 Å². The van der Waals surface area contributed by atoms with Crippen molar-refractivity contribution in [2.75, 3.05) is 0 Å². The van der Waals surface area contributed by atoms with Gasteiger partial charge in [0.25, 0.3) is 0 Å². The topological polar surface area (TPSA) is 77.8 Å². The molecule has 5 nitrogen and oxygen atoms in total. The number of aliphatic carboxylic acids is 1. The Bertz CT molecular complexity index is 467. The lowest BCUT2D eigenvalue weighted by Crippen LogP contribution is -2.34. The van der Waals surface area contributed by atoms with Crippen molar-refractivity contribution in [1.29, 1.82) is 0 Å². The summed E-state index contributed by atoms with van der Waals surface area (Å²) in [6, 6.07) is 1.66. The minimum absolute atomic E-state index is 0.0546. The van der Waals surface area contributed by atoms with E-state index in [2.05, 4.69) is 0 Å². The van der Waals surface area contributed by atoms with E-state index in [1.807, 2.05) is 0 Å². The molecular weight excluding hydrogens is 241 g/mol. The average molecular weight is 253 g/mol. The molecule has 96 valence electrons. The van der Waals surface area contributed by atoms with E-state index in [0.717, 1.165) is 35.9 Å². The molecule has 0 aliphatic heterocycles. The first kappa shape index (κ1) is 12.3. The van der Waals surface area contributed by atoms with Crippen molar-refractivity contribution in [3.63, 3.8) is 0 Å². The van der Waals surface area contributed by atoms with Gasteiger partial charge in [0.1, 0.15) is 11.6 Å². The Kier molecular flexibility index (Phi) is 3.18. The lowest BCUT2D eigenvalue weighted by Gasteiger charge is -2.25. The third-order valence-corrected chi connectivity index (χ3v) is 2.84. The quantitative estimate of drug-likeness (QED) is 0.775. The van der Waals surface area contributed by atoms with Gasteiger partial charge in [0.15, 0.2) is 6.04 Å². The molecule has 0 radical (unpaired) electrons. The second kappa shape index (κ2) is 4.64. The summed E-state index contributed by atoms with van der Waals surface area (Å²) in [6.07, 6.45) is 1.94. The highest BCUT2D eigenvalue weighted by Crippen LogP contribution is 2.34. The van der Waals surface area contributed by atoms with Crippen LogP contribution < -0.4 is 0 Å². The highest BCUT2D eigenvalue weighted by Gasteiger charge is 2.37. The maximum absolute atomic E-state index is 13.2. The van der Waals surface area contributed by atoms with E-state index in [9.17, 15) is 24.2 Å². The Labute approximate surface area is 102 Å². The van der Waals surface area contributed by atoms with Crippen LogP contribution in [0.2, 0.25) is 0 Å². The normalized spacial score (nSPS) is 16.1. The number of carboxylic acids is 1. The number of aromatic hydroxyl groups is 1. The molecule has 1 aromatic rings. The Morgan fingerprint density at radius 1 is 1.44 bits per heavy atom. The number of phenolic OH excluding ortho intramolecular Hbond substituents is 1. The first-order valence-corrected chi connectivity index (χ1v) is 5.48. The summed E-state index contributed by atoms with van der Waals surface area (Å²) >= 11 is 0. The number of carbonyl (C=O) groups is 2. The Hall–Kier alpha value is -2.11. The largest absolute Gasteiger partial charge is 0.508 e. The molecule has 1 aliphatic rings. The molecule has 1 fully saturated rings. The maximum Gasteiger partial charge on any atom is 0.331 e. The first-order chi connectivity index (χ1) is 8.52. The van der Waals surface area contributed by atoms with Crippen LogP contribution in [0.3, 0.4) is 0 Å². The van der Waals surface area contributed by atoms with Gasteiger partial charge in [0, 0.05) is 12.1 Å². The number of carbonyl (C=O) groups excluding carboxylic acids is 1. The summed E-state index contributed by atoms with van der Waals surface area (Å²) in [5, 5.41) is 18.5. The van der Waals surface area contributed by atoms with Gasteiger partial charge in [0.2, 0.25) is 6.41 Å². The van der Waals surface area contributed by atoms with Gasteiger partial charge in [0.05, 0.1) is 0 Å². The van der Waals surface area contributed by atoms with Crippen LogP contribution in [0.25, 0.3) is 0 Å². The van der Waals surface area contributed by atoms with Gasteiger partial charge >= 0.3 is 5.97 Å². The lowest BCUT2D eigenvalue weighted by molar-refractivity contribution is -0.147. The van der Waals surface area contributed by atoms with E-state index in [1.54, 1.807) is 0 Å². The predicted octanol–water partition coefficient (Wildman–Crippen LogP) is 1.28. The fourth-order valence-corrected chi connectivity index (χ4v) is 1.93. The number of hydrogen-bond donors (Lipinski definition) is 2. The molecular formula is C12H12FNO4. The number of halogens is 1. The second-order valence-electron chi connectivity index (χ2n) is 4.27. The zero-order chi connectivity index (χ0) is 13.3. The molecule has 0 aromatic heterocycles. The van der Waals surface area contributed by atoms with E-state index < -0.39 is 17.8 Å². The molecule has 1 atom stereocenters. The zero-order valence-electron chi connectivity index (χ0n) is 9.41. The number of carboxylic acid groups (broad SMARTS) is 1. The Morgan fingerprint density at radius 3 is 2.56 bits per heavy atom. The SMILES string of the molecule is O=CN(C1CC1)C(C(=O)O)c1cc(O)cc(F)c1. The molecule has 1 aliphatic carbocycles. The summed E-state index contributed by atoms with van der Waals surface area (Å²) in [6.45, 7) is 0. The number of benzene rings is 1. The van der Waals surface area contributed by atoms with E-state index in [0.29, 0.717) is 6.41 Å². The van der Waals surface area contributed by atoms with Crippen molar-refractivity contribution in [2.24, 2.45) is 0 Å². The highest BCUT2D eigenvalue weighted by atomic mass is 19.1. The van der Waals surface area contributed by atoms with Gasteiger partial charge in [-0.05, 0) is 30.5 Å². The number of rotatable bonds is 5. The van der Waals surface area contributed by atoms with Crippen molar-refractivity contribution in [2.45, 2.75) is 24.9 Å². The van der Waals surface area contributed by atoms with Crippen molar-refractivity contribution >= 4 is 12.4 Å². The first-order valence-electron chi connectivity index (χ1n) is 5.48. The Balaban J connectivity index is 2.39. The van der Waals surface area contributed by atoms with Crippen LogP contribution in [0.4, 0.5) is 4.39 Å². The minimum atomic E-state index is -1.27. The molecule has 0 bridgehead atoms. The molecule has 1 saturated carbocycles. The van der Waals surface area contributed by atoms with Gasteiger partial charge in [-0.15, -0.1) is 0 Å². The van der Waals surface area contributed by atoms with Gasteiger partial charge in [-0.25, -0.2) is 9.18 Å². The second-order valence-corrected chi connectivity index (χ2v) is 4.27. The van der Waals surface area contributed by atoms with Gasteiger partial charge in [-0.2, -0.15) is 0 Å². The van der Waals surface area contributed by atoms with Crippen molar-refractivity contribution in [1.82, 2.24) is 4.90 Å². The van der Waals surface area contributed by atoms with Gasteiger partial charge < -0.3 is 15.1 Å². The van der Waals surface area contributed by atoms with E-state index in [4.69, 9.17) is 0 Å². The van der Waals surface area contributed by atoms with Gasteiger partial charge in [-0.3, -0.25) is 4.79 Å². The van der Waals surface area contributed by atoms with Crippen LogP contribution in [0.5, 0.6) is 5.75 Å². The minimum Gasteiger partial charge on any atom is -0.508 e. The fourth-order valence-electron chi connectivity index (χ4n) is 1.93. The van der Waals surface area contributed by atoms with Gasteiger partial charge in [-0.1, -0.05) is 0 Å². The summed E-state index contributed by atoms with van der Waals surface area (Å²) in [4.78, 5) is 23.4. The van der Waals surface area contributed by atoms with Crippen molar-refractivity contribution in [3.05, 3.63) is 29.6 Å². The van der Waals surface area contributed by atoms with Crippen molar-refractivity contribution in [3.8, 4) is 5.75 Å². The van der Waals surface area contributed by atoms with Crippen LogP contribution in [0, 0.1) is 5.82 Å². The maximum atomic E-state index is 13.2. The molecule has 0 heterocycles. The van der Waals surface area contributed by atoms with Crippen LogP contribution in [-0.4, -0.2) is 33.5 Å². The average Bonchev–Trinajstić information content (AvgIpc) is 3.07. The summed E-state index contributed by atoms with van der Waals surface area (Å²) < 4.78 is 13.2. The lowest BCUT2D eigenvalue weighted by atomic mass is 10.0. The monoisotopic (exact) mass is 253 g/mol. The molecule has 2 N–H and O–H groups in total. The summed E-state index contributed by atoms with van der Waals surface area (Å²) in [5.74, 6) is -2.35. The Morgan fingerprint density at radius 2 is 2.11 bits per heavy atom. The molecule has 2 rings (SSSR count). The predicted molar refractivity (Wildman–Crippen MR) is 59.4 cm³/mol. The molecule has 1 amide bonds. The zero-order valence-corrected chi connectivity index (χ0v) is 9.41. The van der Waals surface area contributed by atoms with Crippen LogP contribution >= 0.6 is 0 Å². The summed E-state index contributed by atoms with van der Waals surface area (Å²) in [7, 11) is 0. The molecule has 0 saturated heterocycles. The number of hydrogen-bond acceptors (Lipinski definition) is 3.